The number of anilines is 1. The van der Waals surface area contributed by atoms with Gasteiger partial charge in [0, 0.05) is 19.8 Å². The second kappa shape index (κ2) is 5.80. The zero-order valence-corrected chi connectivity index (χ0v) is 11.9. The van der Waals surface area contributed by atoms with Gasteiger partial charge in [-0.15, -0.1) is 0 Å². The molecule has 0 saturated heterocycles. The molecule has 0 aliphatic carbocycles. The molecule has 1 aromatic heterocycles. The molecule has 19 heavy (non-hydrogen) atoms. The molecule has 2 rings (SSSR count). The first-order valence-electron chi connectivity index (χ1n) is 6.09. The molecule has 0 aliphatic heterocycles. The van der Waals surface area contributed by atoms with Crippen LogP contribution in [0.5, 0.6) is 0 Å². The van der Waals surface area contributed by atoms with Crippen molar-refractivity contribution < 1.29 is 0 Å². The van der Waals surface area contributed by atoms with Crippen molar-refractivity contribution in [2.45, 2.75) is 13.5 Å². The summed E-state index contributed by atoms with van der Waals surface area (Å²) < 4.78 is 0. The van der Waals surface area contributed by atoms with E-state index in [0.717, 1.165) is 12.2 Å². The number of aromatic nitrogens is 1. The maximum atomic E-state index is 5.71. The van der Waals surface area contributed by atoms with Crippen molar-refractivity contribution >= 4 is 22.9 Å². The fourth-order valence-electron chi connectivity index (χ4n) is 2.06. The highest BCUT2D eigenvalue weighted by Gasteiger charge is 2.10. The highest BCUT2D eigenvalue weighted by Crippen LogP contribution is 2.19. The first-order valence-corrected chi connectivity index (χ1v) is 6.50. The van der Waals surface area contributed by atoms with Gasteiger partial charge >= 0.3 is 0 Å². The lowest BCUT2D eigenvalue weighted by Gasteiger charge is -2.21. The smallest absolute Gasteiger partial charge is 0.124 e. The van der Waals surface area contributed by atoms with Crippen LogP contribution in [0.15, 0.2) is 42.6 Å². The Kier molecular flexibility index (Phi) is 4.12. The van der Waals surface area contributed by atoms with Crippen molar-refractivity contribution in [1.29, 1.82) is 0 Å². The van der Waals surface area contributed by atoms with Gasteiger partial charge in [0.2, 0.25) is 0 Å². The minimum atomic E-state index is 0.326. The molecule has 0 fully saturated rings. The number of hydrogen-bond donors (Lipinski definition) is 1. The average molecular weight is 271 g/mol. The molecule has 1 aromatic carbocycles. The molecule has 0 unspecified atom stereocenters. The van der Waals surface area contributed by atoms with Crippen molar-refractivity contribution in [1.82, 2.24) is 4.98 Å². The van der Waals surface area contributed by atoms with E-state index < -0.39 is 0 Å². The molecule has 0 spiro atoms. The van der Waals surface area contributed by atoms with Gasteiger partial charge in [0.25, 0.3) is 0 Å². The van der Waals surface area contributed by atoms with Gasteiger partial charge < -0.3 is 10.6 Å². The number of aryl methyl sites for hydroxylation is 1. The molecule has 98 valence electrons. The van der Waals surface area contributed by atoms with Gasteiger partial charge in [0.15, 0.2) is 0 Å². The molecule has 2 aromatic rings. The van der Waals surface area contributed by atoms with E-state index in [2.05, 4.69) is 41.1 Å². The summed E-state index contributed by atoms with van der Waals surface area (Å²) in [5.74, 6) is 0. The molecule has 0 bridgehead atoms. The average Bonchev–Trinajstić information content (AvgIpc) is 2.38. The van der Waals surface area contributed by atoms with Crippen LogP contribution in [0.1, 0.15) is 16.8 Å². The Morgan fingerprint density at radius 2 is 2.11 bits per heavy atom. The van der Waals surface area contributed by atoms with E-state index in [4.69, 9.17) is 18.0 Å². The molecule has 0 amide bonds. The third-order valence-electron chi connectivity index (χ3n) is 2.93. The van der Waals surface area contributed by atoms with E-state index in [9.17, 15) is 0 Å². The van der Waals surface area contributed by atoms with Gasteiger partial charge in [-0.25, -0.2) is 0 Å². The predicted molar refractivity (Wildman–Crippen MR) is 83.4 cm³/mol. The molecule has 0 radical (unpaired) electrons. The van der Waals surface area contributed by atoms with E-state index in [1.165, 1.54) is 11.1 Å². The lowest BCUT2D eigenvalue weighted by molar-refractivity contribution is 0.914. The highest BCUT2D eigenvalue weighted by atomic mass is 32.1. The summed E-state index contributed by atoms with van der Waals surface area (Å²) in [6.07, 6.45) is 1.71. The molecular formula is C15H17N3S. The Morgan fingerprint density at radius 3 is 2.79 bits per heavy atom. The summed E-state index contributed by atoms with van der Waals surface area (Å²) in [6.45, 7) is 2.89. The van der Waals surface area contributed by atoms with Crippen molar-refractivity contribution in [2.24, 2.45) is 5.73 Å². The number of hydrogen-bond acceptors (Lipinski definition) is 3. The van der Waals surface area contributed by atoms with Crippen LogP contribution >= 0.6 is 12.2 Å². The third kappa shape index (κ3) is 3.29. The summed E-state index contributed by atoms with van der Waals surface area (Å²) in [5.41, 5.74) is 9.85. The SMILES string of the molecule is Cc1cccc(CN(C)c2cccnc2C(N)=S)c1. The predicted octanol–water partition coefficient (Wildman–Crippen LogP) is 2.66. The van der Waals surface area contributed by atoms with Gasteiger partial charge in [-0.3, -0.25) is 4.98 Å². The van der Waals surface area contributed by atoms with Crippen LogP contribution in [0, 0.1) is 6.92 Å². The lowest BCUT2D eigenvalue weighted by Crippen LogP contribution is -2.22. The topological polar surface area (TPSA) is 42.2 Å². The van der Waals surface area contributed by atoms with E-state index in [-0.39, 0.29) is 0 Å². The lowest BCUT2D eigenvalue weighted by atomic mass is 10.1. The van der Waals surface area contributed by atoms with Crippen LogP contribution in [-0.2, 0) is 6.54 Å². The Morgan fingerprint density at radius 1 is 1.32 bits per heavy atom. The third-order valence-corrected chi connectivity index (χ3v) is 3.13. The number of benzene rings is 1. The minimum Gasteiger partial charge on any atom is -0.388 e. The summed E-state index contributed by atoms with van der Waals surface area (Å²) in [6, 6.07) is 12.3. The van der Waals surface area contributed by atoms with Gasteiger partial charge in [0.1, 0.15) is 10.7 Å². The van der Waals surface area contributed by atoms with Gasteiger partial charge in [-0.05, 0) is 24.6 Å². The number of pyridine rings is 1. The Hall–Kier alpha value is -1.94. The first-order chi connectivity index (χ1) is 9.08. The zero-order valence-electron chi connectivity index (χ0n) is 11.1. The molecule has 0 atom stereocenters. The highest BCUT2D eigenvalue weighted by molar-refractivity contribution is 7.80. The van der Waals surface area contributed by atoms with Crippen LogP contribution in [-0.4, -0.2) is 17.0 Å². The molecule has 2 N–H and O–H groups in total. The van der Waals surface area contributed by atoms with Gasteiger partial charge in [0.05, 0.1) is 5.69 Å². The largest absolute Gasteiger partial charge is 0.388 e. The first kappa shape index (κ1) is 13.5. The summed E-state index contributed by atoms with van der Waals surface area (Å²) >= 11 is 5.04. The molecular weight excluding hydrogens is 254 g/mol. The molecule has 0 aliphatic rings. The van der Waals surface area contributed by atoms with Crippen LogP contribution in [0.3, 0.4) is 0 Å². The maximum absolute atomic E-state index is 5.71. The quantitative estimate of drug-likeness (QED) is 0.868. The fraction of sp³-hybridized carbons (Fsp3) is 0.200. The van der Waals surface area contributed by atoms with E-state index >= 15 is 0 Å². The van der Waals surface area contributed by atoms with Gasteiger partial charge in [-0.1, -0.05) is 42.0 Å². The zero-order chi connectivity index (χ0) is 13.8. The molecule has 3 nitrogen and oxygen atoms in total. The summed E-state index contributed by atoms with van der Waals surface area (Å²) in [4.78, 5) is 6.68. The van der Waals surface area contributed by atoms with Gasteiger partial charge in [-0.2, -0.15) is 0 Å². The second-order valence-corrected chi connectivity index (χ2v) is 5.02. The number of nitrogens with zero attached hydrogens (tertiary/aromatic N) is 2. The van der Waals surface area contributed by atoms with E-state index in [1.807, 2.05) is 19.2 Å². The van der Waals surface area contributed by atoms with E-state index in [1.54, 1.807) is 6.20 Å². The Bertz CT molecular complexity index is 595. The van der Waals surface area contributed by atoms with Crippen LogP contribution < -0.4 is 10.6 Å². The Labute approximate surface area is 119 Å². The minimum absolute atomic E-state index is 0.326. The summed E-state index contributed by atoms with van der Waals surface area (Å²) in [5, 5.41) is 0. The fourth-order valence-corrected chi connectivity index (χ4v) is 2.22. The van der Waals surface area contributed by atoms with Crippen molar-refractivity contribution in [3.8, 4) is 0 Å². The van der Waals surface area contributed by atoms with Crippen molar-refractivity contribution in [2.75, 3.05) is 11.9 Å². The second-order valence-electron chi connectivity index (χ2n) is 4.58. The van der Waals surface area contributed by atoms with Crippen LogP contribution in [0.25, 0.3) is 0 Å². The van der Waals surface area contributed by atoms with Crippen molar-refractivity contribution in [3.63, 3.8) is 0 Å². The normalized spacial score (nSPS) is 10.2. The summed E-state index contributed by atoms with van der Waals surface area (Å²) in [7, 11) is 2.02. The number of nitrogens with two attached hydrogens (primary N) is 1. The van der Waals surface area contributed by atoms with Crippen LogP contribution in [0.4, 0.5) is 5.69 Å². The molecule has 4 heteroatoms. The van der Waals surface area contributed by atoms with E-state index in [0.29, 0.717) is 10.7 Å². The maximum Gasteiger partial charge on any atom is 0.124 e. The molecule has 0 saturated carbocycles. The monoisotopic (exact) mass is 271 g/mol. The Balaban J connectivity index is 2.25. The number of rotatable bonds is 4. The van der Waals surface area contributed by atoms with Crippen molar-refractivity contribution in [3.05, 3.63) is 59.4 Å². The van der Waals surface area contributed by atoms with Crippen LogP contribution in [0.2, 0.25) is 0 Å². The standard InChI is InChI=1S/C15H17N3S/c1-11-5-3-6-12(9-11)10-18(2)13-7-4-8-17-14(13)15(16)19/h3-9H,10H2,1-2H3,(H2,16,19). The number of thiocarbonyl (C=S) groups is 1. The molecule has 1 heterocycles.